The van der Waals surface area contributed by atoms with Crippen LogP contribution in [0.25, 0.3) is 0 Å². The minimum absolute atomic E-state index is 0.263. The maximum absolute atomic E-state index is 13.0. The molecule has 0 unspecified atom stereocenters. The number of non-ortho nitro benzene ring substituents is 1. The number of halogens is 2. The molecular weight excluding hydrogens is 258 g/mol. The van der Waals surface area contributed by atoms with Gasteiger partial charge in [-0.2, -0.15) is 0 Å². The van der Waals surface area contributed by atoms with E-state index in [1.54, 1.807) is 4.90 Å². The lowest BCUT2D eigenvalue weighted by Gasteiger charge is -2.33. The predicted octanol–water partition coefficient (Wildman–Crippen LogP) is 2.49. The van der Waals surface area contributed by atoms with Crippen molar-refractivity contribution in [1.29, 1.82) is 0 Å². The molecule has 0 bridgehead atoms. The van der Waals surface area contributed by atoms with Gasteiger partial charge in [-0.05, 0) is 18.9 Å². The molecule has 7 heteroatoms. The van der Waals surface area contributed by atoms with E-state index in [0.29, 0.717) is 19.4 Å². The number of β-amino-alcohol motifs (C(OH)–C–C–N with tert-alkyl or cyclic N) is 1. The Kier molecular flexibility index (Phi) is 3.94. The van der Waals surface area contributed by atoms with Crippen molar-refractivity contribution in [3.05, 3.63) is 33.9 Å². The molecular formula is C12H14F2N2O3. The van der Waals surface area contributed by atoms with Crippen LogP contribution < -0.4 is 4.90 Å². The van der Waals surface area contributed by atoms with E-state index in [0.717, 1.165) is 6.07 Å². The molecule has 2 rings (SSSR count). The Hall–Kier alpha value is -1.76. The van der Waals surface area contributed by atoms with Gasteiger partial charge in [0.05, 0.1) is 11.0 Å². The number of anilines is 1. The molecule has 0 amide bonds. The van der Waals surface area contributed by atoms with Gasteiger partial charge in [-0.15, -0.1) is 0 Å². The van der Waals surface area contributed by atoms with E-state index in [4.69, 9.17) is 0 Å². The highest BCUT2D eigenvalue weighted by Crippen LogP contribution is 2.34. The summed E-state index contributed by atoms with van der Waals surface area (Å²) in [7, 11) is 0. The van der Waals surface area contributed by atoms with Gasteiger partial charge in [0.1, 0.15) is 0 Å². The highest BCUT2D eigenvalue weighted by Gasteiger charge is 2.24. The topological polar surface area (TPSA) is 66.6 Å². The Morgan fingerprint density at radius 2 is 2.21 bits per heavy atom. The van der Waals surface area contributed by atoms with E-state index in [2.05, 4.69) is 0 Å². The van der Waals surface area contributed by atoms with Crippen LogP contribution in [0.4, 0.5) is 20.2 Å². The van der Waals surface area contributed by atoms with Crippen molar-refractivity contribution in [3.63, 3.8) is 0 Å². The number of rotatable bonds is 3. The third-order valence-corrected chi connectivity index (χ3v) is 3.19. The van der Waals surface area contributed by atoms with Crippen molar-refractivity contribution in [2.75, 3.05) is 18.0 Å². The third-order valence-electron chi connectivity index (χ3n) is 3.19. The first-order chi connectivity index (χ1) is 8.99. The van der Waals surface area contributed by atoms with Crippen LogP contribution in [0, 0.1) is 10.1 Å². The van der Waals surface area contributed by atoms with Crippen LogP contribution in [0.5, 0.6) is 0 Å². The maximum atomic E-state index is 13.0. The average Bonchev–Trinajstić information content (AvgIpc) is 2.37. The Morgan fingerprint density at radius 3 is 2.79 bits per heavy atom. The maximum Gasteiger partial charge on any atom is 0.270 e. The van der Waals surface area contributed by atoms with Crippen LogP contribution >= 0.6 is 0 Å². The fourth-order valence-corrected chi connectivity index (χ4v) is 2.29. The minimum atomic E-state index is -2.78. The lowest BCUT2D eigenvalue weighted by molar-refractivity contribution is -0.385. The number of nitrogens with zero attached hydrogens (tertiary/aromatic N) is 2. The molecule has 1 atom stereocenters. The van der Waals surface area contributed by atoms with E-state index in [9.17, 15) is 24.0 Å². The summed E-state index contributed by atoms with van der Waals surface area (Å²) in [5.74, 6) is 0. The largest absolute Gasteiger partial charge is 0.391 e. The highest BCUT2D eigenvalue weighted by molar-refractivity contribution is 5.58. The molecule has 0 aliphatic carbocycles. The molecule has 1 aromatic carbocycles. The second-order valence-electron chi connectivity index (χ2n) is 4.54. The number of aliphatic hydroxyl groups excluding tert-OH is 1. The van der Waals surface area contributed by atoms with E-state index in [-0.39, 0.29) is 23.5 Å². The van der Waals surface area contributed by atoms with Gasteiger partial charge >= 0.3 is 0 Å². The smallest absolute Gasteiger partial charge is 0.270 e. The van der Waals surface area contributed by atoms with Crippen molar-refractivity contribution in [2.24, 2.45) is 0 Å². The fourth-order valence-electron chi connectivity index (χ4n) is 2.29. The number of hydrogen-bond acceptors (Lipinski definition) is 4. The quantitative estimate of drug-likeness (QED) is 0.678. The number of hydrogen-bond donors (Lipinski definition) is 1. The molecule has 0 saturated carbocycles. The molecule has 5 nitrogen and oxygen atoms in total. The summed E-state index contributed by atoms with van der Waals surface area (Å²) in [5, 5.41) is 20.2. The van der Waals surface area contributed by atoms with E-state index in [1.807, 2.05) is 0 Å². The molecule has 1 heterocycles. The molecule has 1 N–H and O–H groups in total. The number of alkyl halides is 2. The lowest BCUT2D eigenvalue weighted by atomic mass is 10.0. The van der Waals surface area contributed by atoms with Crippen LogP contribution in [0.1, 0.15) is 24.8 Å². The zero-order valence-electron chi connectivity index (χ0n) is 10.1. The molecule has 104 valence electrons. The second-order valence-corrected chi connectivity index (χ2v) is 4.54. The zero-order chi connectivity index (χ0) is 14.0. The Balaban J connectivity index is 2.36. The van der Waals surface area contributed by atoms with Crippen molar-refractivity contribution < 1.29 is 18.8 Å². The number of piperidine rings is 1. The van der Waals surface area contributed by atoms with E-state index >= 15 is 0 Å². The van der Waals surface area contributed by atoms with E-state index < -0.39 is 17.5 Å². The molecule has 0 radical (unpaired) electrons. The first-order valence-electron chi connectivity index (χ1n) is 5.98. The predicted molar refractivity (Wildman–Crippen MR) is 65.5 cm³/mol. The van der Waals surface area contributed by atoms with Crippen molar-refractivity contribution >= 4 is 11.4 Å². The number of benzene rings is 1. The molecule has 1 fully saturated rings. The van der Waals surface area contributed by atoms with Crippen LogP contribution in [0.2, 0.25) is 0 Å². The summed E-state index contributed by atoms with van der Waals surface area (Å²) < 4.78 is 26.0. The summed E-state index contributed by atoms with van der Waals surface area (Å²) in [6.07, 6.45) is -1.97. The van der Waals surface area contributed by atoms with Crippen LogP contribution in [-0.2, 0) is 0 Å². The molecule has 0 spiro atoms. The molecule has 1 saturated heterocycles. The molecule has 19 heavy (non-hydrogen) atoms. The monoisotopic (exact) mass is 272 g/mol. The minimum Gasteiger partial charge on any atom is -0.391 e. The summed E-state index contributed by atoms with van der Waals surface area (Å²) in [5.41, 5.74) is -0.445. The van der Waals surface area contributed by atoms with Crippen LogP contribution in [0.3, 0.4) is 0 Å². The van der Waals surface area contributed by atoms with Gasteiger partial charge in [0.15, 0.2) is 0 Å². The summed E-state index contributed by atoms with van der Waals surface area (Å²) >= 11 is 0. The lowest BCUT2D eigenvalue weighted by Crippen LogP contribution is -2.38. The first-order valence-corrected chi connectivity index (χ1v) is 5.98. The summed E-state index contributed by atoms with van der Waals surface area (Å²) in [4.78, 5) is 11.6. The Bertz CT molecular complexity index is 482. The van der Waals surface area contributed by atoms with Gasteiger partial charge in [-0.1, -0.05) is 0 Å². The first kappa shape index (κ1) is 13.7. The van der Waals surface area contributed by atoms with Crippen molar-refractivity contribution in [1.82, 2.24) is 0 Å². The Morgan fingerprint density at radius 1 is 1.47 bits per heavy atom. The third kappa shape index (κ3) is 2.98. The summed E-state index contributed by atoms with van der Waals surface area (Å²) in [6, 6.07) is 3.45. The molecule has 1 aliphatic heterocycles. The van der Waals surface area contributed by atoms with Gasteiger partial charge in [0.2, 0.25) is 0 Å². The van der Waals surface area contributed by atoms with Crippen molar-refractivity contribution in [3.8, 4) is 0 Å². The standard InChI is InChI=1S/C12H14F2N2O3/c13-12(14)10-6-8(16(18)19)3-4-11(10)15-5-1-2-9(17)7-15/h3-4,6,9,12,17H,1-2,5,7H2/t9-/m0/s1. The highest BCUT2D eigenvalue weighted by atomic mass is 19.3. The molecule has 0 aromatic heterocycles. The summed E-state index contributed by atoms with van der Waals surface area (Å²) in [6.45, 7) is 0.839. The molecule has 1 aromatic rings. The SMILES string of the molecule is O=[N+]([O-])c1ccc(N2CCC[C@H](O)C2)c(C(F)F)c1. The van der Waals surface area contributed by atoms with Gasteiger partial charge in [0, 0.05) is 36.5 Å². The Labute approximate surface area is 108 Å². The number of nitro benzene ring substituents is 1. The number of aliphatic hydroxyl groups is 1. The van der Waals surface area contributed by atoms with Gasteiger partial charge in [-0.25, -0.2) is 8.78 Å². The fraction of sp³-hybridized carbons (Fsp3) is 0.500. The van der Waals surface area contributed by atoms with Crippen LogP contribution in [0.15, 0.2) is 18.2 Å². The van der Waals surface area contributed by atoms with E-state index in [1.165, 1.54) is 12.1 Å². The van der Waals surface area contributed by atoms with Gasteiger partial charge < -0.3 is 10.0 Å². The van der Waals surface area contributed by atoms with Gasteiger partial charge in [-0.3, -0.25) is 10.1 Å². The zero-order valence-corrected chi connectivity index (χ0v) is 10.1. The van der Waals surface area contributed by atoms with Crippen molar-refractivity contribution in [2.45, 2.75) is 25.4 Å². The molecule has 1 aliphatic rings. The normalized spacial score (nSPS) is 19.8. The van der Waals surface area contributed by atoms with Crippen LogP contribution in [-0.4, -0.2) is 29.2 Å². The second kappa shape index (κ2) is 5.48. The average molecular weight is 272 g/mol. The number of nitro groups is 1. The van der Waals surface area contributed by atoms with Gasteiger partial charge in [0.25, 0.3) is 12.1 Å².